The van der Waals surface area contributed by atoms with Crippen molar-refractivity contribution in [2.24, 2.45) is 5.92 Å². The predicted molar refractivity (Wildman–Crippen MR) is 92.7 cm³/mol. The van der Waals surface area contributed by atoms with Crippen molar-refractivity contribution in [1.82, 2.24) is 9.80 Å². The van der Waals surface area contributed by atoms with Gasteiger partial charge in [0.2, 0.25) is 11.8 Å². The third-order valence-electron chi connectivity index (χ3n) is 4.16. The summed E-state index contributed by atoms with van der Waals surface area (Å²) >= 11 is 0. The third-order valence-corrected chi connectivity index (χ3v) is 4.16. The fourth-order valence-electron chi connectivity index (χ4n) is 2.49. The second-order valence-corrected chi connectivity index (χ2v) is 6.07. The van der Waals surface area contributed by atoms with Crippen LogP contribution in [0.3, 0.4) is 0 Å². The fraction of sp³-hybridized carbons (Fsp3) is 0.500. The predicted octanol–water partition coefficient (Wildman–Crippen LogP) is 1.98. The van der Waals surface area contributed by atoms with Crippen molar-refractivity contribution in [3.05, 3.63) is 29.8 Å². The SMILES string of the molecule is CCN(CC)C(=O)CN(C)C(=O)c1cccc(NC(=O)C2CC2)c1. The molecule has 2 rings (SSSR count). The molecule has 0 radical (unpaired) electrons. The van der Waals surface area contributed by atoms with Crippen LogP contribution >= 0.6 is 0 Å². The number of nitrogens with zero attached hydrogens (tertiary/aromatic N) is 2. The van der Waals surface area contributed by atoms with Crippen LogP contribution in [0.2, 0.25) is 0 Å². The summed E-state index contributed by atoms with van der Waals surface area (Å²) in [7, 11) is 1.61. The van der Waals surface area contributed by atoms with Crippen molar-refractivity contribution < 1.29 is 14.4 Å². The van der Waals surface area contributed by atoms with E-state index in [-0.39, 0.29) is 30.2 Å². The Bertz CT molecular complexity index is 622. The summed E-state index contributed by atoms with van der Waals surface area (Å²) in [5, 5.41) is 2.83. The molecule has 1 aromatic carbocycles. The van der Waals surface area contributed by atoms with E-state index in [1.54, 1.807) is 36.2 Å². The van der Waals surface area contributed by atoms with Gasteiger partial charge >= 0.3 is 0 Å². The summed E-state index contributed by atoms with van der Waals surface area (Å²) in [6.45, 7) is 5.11. The highest BCUT2D eigenvalue weighted by molar-refractivity contribution is 5.99. The molecule has 1 fully saturated rings. The Morgan fingerprint density at radius 3 is 2.42 bits per heavy atom. The molecule has 0 aromatic heterocycles. The highest BCUT2D eigenvalue weighted by Gasteiger charge is 2.29. The Balaban J connectivity index is 2.00. The number of carbonyl (C=O) groups excluding carboxylic acids is 3. The standard InChI is InChI=1S/C18H25N3O3/c1-4-21(5-2)16(22)12-20(3)18(24)14-7-6-8-15(11-14)19-17(23)13-9-10-13/h6-8,11,13H,4-5,9-10,12H2,1-3H3,(H,19,23). The van der Waals surface area contributed by atoms with Gasteiger partial charge in [-0.15, -0.1) is 0 Å². The highest BCUT2D eigenvalue weighted by Crippen LogP contribution is 2.30. The van der Waals surface area contributed by atoms with Crippen LogP contribution in [0.1, 0.15) is 37.0 Å². The molecular weight excluding hydrogens is 306 g/mol. The number of hydrogen-bond acceptors (Lipinski definition) is 3. The molecule has 1 aromatic rings. The van der Waals surface area contributed by atoms with Gasteiger partial charge in [-0.25, -0.2) is 0 Å². The highest BCUT2D eigenvalue weighted by atomic mass is 16.2. The van der Waals surface area contributed by atoms with Crippen LogP contribution < -0.4 is 5.32 Å². The van der Waals surface area contributed by atoms with Gasteiger partial charge in [0, 0.05) is 37.3 Å². The van der Waals surface area contributed by atoms with Crippen LogP contribution in [0.5, 0.6) is 0 Å². The number of anilines is 1. The van der Waals surface area contributed by atoms with E-state index in [0.717, 1.165) is 12.8 Å². The fourth-order valence-corrected chi connectivity index (χ4v) is 2.49. The molecule has 1 saturated carbocycles. The molecule has 0 bridgehead atoms. The lowest BCUT2D eigenvalue weighted by atomic mass is 10.1. The summed E-state index contributed by atoms with van der Waals surface area (Å²) in [4.78, 5) is 39.5. The minimum absolute atomic E-state index is 0.00432. The van der Waals surface area contributed by atoms with Crippen LogP contribution in [0, 0.1) is 5.92 Å². The number of benzene rings is 1. The molecule has 6 nitrogen and oxygen atoms in total. The Hall–Kier alpha value is -2.37. The van der Waals surface area contributed by atoms with Gasteiger partial charge < -0.3 is 15.1 Å². The van der Waals surface area contributed by atoms with E-state index in [0.29, 0.717) is 24.3 Å². The molecule has 0 saturated heterocycles. The summed E-state index contributed by atoms with van der Waals surface area (Å²) in [6.07, 6.45) is 1.86. The minimum Gasteiger partial charge on any atom is -0.342 e. The number of nitrogens with one attached hydrogen (secondary N) is 1. The van der Waals surface area contributed by atoms with E-state index >= 15 is 0 Å². The average molecular weight is 331 g/mol. The van der Waals surface area contributed by atoms with Gasteiger partial charge in [0.1, 0.15) is 0 Å². The van der Waals surface area contributed by atoms with Crippen molar-refractivity contribution >= 4 is 23.4 Å². The first-order valence-electron chi connectivity index (χ1n) is 8.40. The topological polar surface area (TPSA) is 69.7 Å². The normalized spacial score (nSPS) is 13.3. The minimum atomic E-state index is -0.238. The second-order valence-electron chi connectivity index (χ2n) is 6.07. The van der Waals surface area contributed by atoms with Crippen LogP contribution in [-0.2, 0) is 9.59 Å². The van der Waals surface area contributed by atoms with Crippen molar-refractivity contribution in [3.8, 4) is 0 Å². The van der Waals surface area contributed by atoms with Crippen molar-refractivity contribution in [1.29, 1.82) is 0 Å². The van der Waals surface area contributed by atoms with Crippen LogP contribution in [-0.4, -0.2) is 54.2 Å². The Kier molecular flexibility index (Phi) is 5.95. The zero-order chi connectivity index (χ0) is 17.7. The van der Waals surface area contributed by atoms with E-state index in [2.05, 4.69) is 5.32 Å². The summed E-state index contributed by atoms with van der Waals surface area (Å²) in [5.41, 5.74) is 1.07. The largest absolute Gasteiger partial charge is 0.342 e. The van der Waals surface area contributed by atoms with Gasteiger partial charge in [-0.2, -0.15) is 0 Å². The second kappa shape index (κ2) is 7.95. The van der Waals surface area contributed by atoms with E-state index < -0.39 is 0 Å². The first-order chi connectivity index (χ1) is 11.5. The Morgan fingerprint density at radius 2 is 1.83 bits per heavy atom. The van der Waals surface area contributed by atoms with Gasteiger partial charge in [0.05, 0.1) is 6.54 Å². The maximum Gasteiger partial charge on any atom is 0.254 e. The lowest BCUT2D eigenvalue weighted by Crippen LogP contribution is -2.41. The molecule has 0 atom stereocenters. The number of likely N-dealkylation sites (N-methyl/N-ethyl adjacent to an activating group) is 2. The molecule has 0 spiro atoms. The van der Waals surface area contributed by atoms with Gasteiger partial charge in [0.25, 0.3) is 5.91 Å². The average Bonchev–Trinajstić information content (AvgIpc) is 3.40. The summed E-state index contributed by atoms with van der Waals surface area (Å²) in [5.74, 6) is -0.199. The summed E-state index contributed by atoms with van der Waals surface area (Å²) in [6, 6.07) is 6.84. The number of hydrogen-bond donors (Lipinski definition) is 1. The maximum absolute atomic E-state index is 12.5. The number of amides is 3. The maximum atomic E-state index is 12.5. The molecular formula is C18H25N3O3. The van der Waals surface area contributed by atoms with Gasteiger partial charge in [-0.05, 0) is 44.9 Å². The molecule has 1 N–H and O–H groups in total. The van der Waals surface area contributed by atoms with Crippen LogP contribution in [0.4, 0.5) is 5.69 Å². The van der Waals surface area contributed by atoms with E-state index in [1.807, 2.05) is 13.8 Å². The van der Waals surface area contributed by atoms with E-state index in [1.165, 1.54) is 4.90 Å². The van der Waals surface area contributed by atoms with Gasteiger partial charge in [0.15, 0.2) is 0 Å². The Morgan fingerprint density at radius 1 is 1.17 bits per heavy atom. The first-order valence-corrected chi connectivity index (χ1v) is 8.40. The van der Waals surface area contributed by atoms with E-state index in [9.17, 15) is 14.4 Å². The monoisotopic (exact) mass is 331 g/mol. The van der Waals surface area contributed by atoms with Gasteiger partial charge in [-0.3, -0.25) is 14.4 Å². The molecule has 1 aliphatic rings. The number of rotatable bonds is 7. The van der Waals surface area contributed by atoms with Crippen molar-refractivity contribution in [2.45, 2.75) is 26.7 Å². The first kappa shape index (κ1) is 18.0. The molecule has 1 aliphatic carbocycles. The quantitative estimate of drug-likeness (QED) is 0.830. The van der Waals surface area contributed by atoms with Crippen LogP contribution in [0.25, 0.3) is 0 Å². The lowest BCUT2D eigenvalue weighted by molar-refractivity contribution is -0.131. The van der Waals surface area contributed by atoms with E-state index in [4.69, 9.17) is 0 Å². The number of carbonyl (C=O) groups is 3. The molecule has 130 valence electrons. The molecule has 3 amide bonds. The third kappa shape index (κ3) is 4.57. The molecule has 0 heterocycles. The molecule has 0 aliphatic heterocycles. The van der Waals surface area contributed by atoms with Crippen LogP contribution in [0.15, 0.2) is 24.3 Å². The zero-order valence-electron chi connectivity index (χ0n) is 14.5. The smallest absolute Gasteiger partial charge is 0.254 e. The van der Waals surface area contributed by atoms with Crippen molar-refractivity contribution in [2.75, 3.05) is 32.0 Å². The van der Waals surface area contributed by atoms with Gasteiger partial charge in [-0.1, -0.05) is 6.07 Å². The molecule has 0 unspecified atom stereocenters. The lowest BCUT2D eigenvalue weighted by Gasteiger charge is -2.23. The summed E-state index contributed by atoms with van der Waals surface area (Å²) < 4.78 is 0. The molecule has 24 heavy (non-hydrogen) atoms. The zero-order valence-corrected chi connectivity index (χ0v) is 14.5. The van der Waals surface area contributed by atoms with Crippen molar-refractivity contribution in [3.63, 3.8) is 0 Å². The molecule has 6 heteroatoms. The Labute approximate surface area is 142 Å².